The van der Waals surface area contributed by atoms with Gasteiger partial charge >= 0.3 is 5.97 Å². The first-order valence-corrected chi connectivity index (χ1v) is 10.9. The Hall–Kier alpha value is -4.79. The summed E-state index contributed by atoms with van der Waals surface area (Å²) in [7, 11) is 0. The Bertz CT molecular complexity index is 1460. The lowest BCUT2D eigenvalue weighted by Crippen LogP contribution is -2.22. The van der Waals surface area contributed by atoms with Gasteiger partial charge in [0.1, 0.15) is 28.9 Å². The number of ether oxygens (including phenoxy) is 4. The average Bonchev–Trinajstić information content (AvgIpc) is 2.90. The molecule has 0 radical (unpaired) electrons. The largest absolute Gasteiger partial charge is 0.494 e. The number of halogens is 5. The highest BCUT2D eigenvalue weighted by Crippen LogP contribution is 2.43. The number of allylic oxidation sites excluding steroid dienone is 1. The summed E-state index contributed by atoms with van der Waals surface area (Å²) in [6.07, 6.45) is 0. The van der Waals surface area contributed by atoms with Gasteiger partial charge in [-0.05, 0) is 30.7 Å². The van der Waals surface area contributed by atoms with E-state index in [0.717, 1.165) is 0 Å². The molecule has 1 aliphatic heterocycles. The van der Waals surface area contributed by atoms with E-state index in [-0.39, 0.29) is 23.0 Å². The van der Waals surface area contributed by atoms with Crippen LogP contribution in [0, 0.1) is 40.4 Å². The number of carbonyl (C=O) groups excluding carboxylic acids is 1. The molecule has 196 valence electrons. The third-order valence-corrected chi connectivity index (χ3v) is 5.45. The van der Waals surface area contributed by atoms with E-state index in [2.05, 4.69) is 4.74 Å². The second kappa shape index (κ2) is 10.7. The van der Waals surface area contributed by atoms with Gasteiger partial charge in [-0.15, -0.1) is 0 Å². The van der Waals surface area contributed by atoms with Crippen molar-refractivity contribution >= 4 is 5.97 Å². The summed E-state index contributed by atoms with van der Waals surface area (Å²) < 4.78 is 87.8. The second-order valence-corrected chi connectivity index (χ2v) is 7.79. The third-order valence-electron chi connectivity index (χ3n) is 5.45. The quantitative estimate of drug-likeness (QED) is 0.150. The zero-order valence-corrected chi connectivity index (χ0v) is 19.5. The summed E-state index contributed by atoms with van der Waals surface area (Å²) in [4.78, 5) is 12.2. The Morgan fingerprint density at radius 1 is 0.947 bits per heavy atom. The number of hydrogen-bond acceptors (Lipinski definition) is 7. The van der Waals surface area contributed by atoms with E-state index in [0.29, 0.717) is 23.5 Å². The molecule has 1 heterocycles. The highest BCUT2D eigenvalue weighted by Gasteiger charge is 2.31. The van der Waals surface area contributed by atoms with Crippen LogP contribution in [-0.2, 0) is 4.79 Å². The first kappa shape index (κ1) is 26.3. The molecule has 0 saturated carbocycles. The van der Waals surface area contributed by atoms with E-state index in [1.165, 1.54) is 18.2 Å². The van der Waals surface area contributed by atoms with Crippen LogP contribution in [0.25, 0.3) is 0 Å². The summed E-state index contributed by atoms with van der Waals surface area (Å²) in [5.41, 5.74) is 7.35. The number of nitriles is 1. The molecule has 2 N–H and O–H groups in total. The number of fused-ring (bicyclic) bond motifs is 1. The molecule has 1 aliphatic rings. The van der Waals surface area contributed by atoms with Gasteiger partial charge in [0.05, 0.1) is 12.5 Å². The van der Waals surface area contributed by atoms with Crippen molar-refractivity contribution in [1.29, 1.82) is 5.26 Å². The Morgan fingerprint density at radius 3 is 2.16 bits per heavy atom. The molecule has 0 aliphatic carbocycles. The summed E-state index contributed by atoms with van der Waals surface area (Å²) in [6.45, 7) is 1.14. The van der Waals surface area contributed by atoms with Crippen molar-refractivity contribution in [2.75, 3.05) is 13.2 Å². The number of esters is 1. The maximum absolute atomic E-state index is 13.7. The molecule has 1 unspecified atom stereocenters. The number of nitrogens with zero attached hydrogens (tertiary/aromatic N) is 1. The molecule has 12 heteroatoms. The van der Waals surface area contributed by atoms with Gasteiger partial charge in [-0.3, -0.25) is 0 Å². The molecular formula is C26H17F5N2O5. The van der Waals surface area contributed by atoms with Crippen LogP contribution in [-0.4, -0.2) is 19.2 Å². The minimum absolute atomic E-state index is 0.103. The van der Waals surface area contributed by atoms with Gasteiger partial charge in [-0.2, -0.15) is 14.0 Å². The zero-order chi connectivity index (χ0) is 27.6. The number of benzene rings is 3. The summed E-state index contributed by atoms with van der Waals surface area (Å²) in [5, 5.41) is 9.68. The van der Waals surface area contributed by atoms with Crippen molar-refractivity contribution in [2.24, 2.45) is 5.73 Å². The highest BCUT2D eigenvalue weighted by molar-refractivity contribution is 5.74. The molecule has 3 aromatic rings. The molecule has 0 amide bonds. The summed E-state index contributed by atoms with van der Waals surface area (Å²) in [6, 6.07) is 13.2. The van der Waals surface area contributed by atoms with Gasteiger partial charge in [-0.1, -0.05) is 18.2 Å². The molecule has 1 atom stereocenters. The SMILES string of the molecule is CCOc1ccc(C2C(C#N)=C(N)Oc3cc(OC(=O)COc4c(F)c(F)c(F)c(F)c4F)ccc32)cc1. The van der Waals surface area contributed by atoms with Crippen molar-refractivity contribution in [1.82, 2.24) is 0 Å². The maximum Gasteiger partial charge on any atom is 0.349 e. The molecule has 38 heavy (non-hydrogen) atoms. The number of rotatable bonds is 7. The minimum Gasteiger partial charge on any atom is -0.494 e. The highest BCUT2D eigenvalue weighted by atomic mass is 19.2. The lowest BCUT2D eigenvalue weighted by atomic mass is 9.83. The van der Waals surface area contributed by atoms with E-state index in [1.54, 1.807) is 24.3 Å². The fourth-order valence-electron chi connectivity index (χ4n) is 3.77. The zero-order valence-electron chi connectivity index (χ0n) is 19.5. The van der Waals surface area contributed by atoms with E-state index < -0.39 is 53.3 Å². The van der Waals surface area contributed by atoms with E-state index in [9.17, 15) is 32.0 Å². The second-order valence-electron chi connectivity index (χ2n) is 7.79. The van der Waals surface area contributed by atoms with Gasteiger partial charge in [-0.25, -0.2) is 18.0 Å². The summed E-state index contributed by atoms with van der Waals surface area (Å²) >= 11 is 0. The Kier molecular flexibility index (Phi) is 7.38. The molecular weight excluding hydrogens is 515 g/mol. The van der Waals surface area contributed by atoms with Crippen LogP contribution >= 0.6 is 0 Å². The first-order chi connectivity index (χ1) is 18.2. The van der Waals surface area contributed by atoms with Crippen molar-refractivity contribution in [2.45, 2.75) is 12.8 Å². The smallest absolute Gasteiger partial charge is 0.349 e. The fourth-order valence-corrected chi connectivity index (χ4v) is 3.77. The Morgan fingerprint density at radius 2 is 1.55 bits per heavy atom. The van der Waals surface area contributed by atoms with Crippen LogP contribution in [0.3, 0.4) is 0 Å². The van der Waals surface area contributed by atoms with Gasteiger partial charge in [0.25, 0.3) is 0 Å². The summed E-state index contributed by atoms with van der Waals surface area (Å²) in [5.74, 6) is -14.2. The molecule has 0 spiro atoms. The monoisotopic (exact) mass is 532 g/mol. The topological polar surface area (TPSA) is 104 Å². The number of hydrogen-bond donors (Lipinski definition) is 1. The number of carbonyl (C=O) groups is 1. The molecule has 0 saturated heterocycles. The average molecular weight is 532 g/mol. The normalized spacial score (nSPS) is 14.3. The Balaban J connectivity index is 1.54. The van der Waals surface area contributed by atoms with Gasteiger partial charge in [0.2, 0.25) is 35.0 Å². The molecule has 0 aromatic heterocycles. The predicted octanol–water partition coefficient (Wildman–Crippen LogP) is 4.98. The molecule has 7 nitrogen and oxygen atoms in total. The maximum atomic E-state index is 13.7. The molecule has 0 fully saturated rings. The third kappa shape index (κ3) is 4.90. The van der Waals surface area contributed by atoms with Crippen molar-refractivity contribution in [3.8, 4) is 29.1 Å². The fraction of sp³-hybridized carbons (Fsp3) is 0.154. The molecule has 0 bridgehead atoms. The van der Waals surface area contributed by atoms with E-state index in [4.69, 9.17) is 19.9 Å². The standard InChI is InChI=1S/C26H17F5N2O5/c1-2-35-13-5-3-12(4-6-13)19-15-8-7-14(9-17(15)38-26(33)16(19)10-32)37-18(34)11-36-25-23(30)21(28)20(27)22(29)24(25)31/h3-9,19H,2,11,33H2,1H3. The lowest BCUT2D eigenvalue weighted by Gasteiger charge is -2.26. The van der Waals surface area contributed by atoms with Gasteiger partial charge in [0, 0.05) is 11.6 Å². The Labute approximate surface area is 212 Å². The van der Waals surface area contributed by atoms with Crippen LogP contribution < -0.4 is 24.7 Å². The van der Waals surface area contributed by atoms with Crippen molar-refractivity contribution in [3.63, 3.8) is 0 Å². The van der Waals surface area contributed by atoms with Crippen LogP contribution in [0.15, 0.2) is 53.9 Å². The van der Waals surface area contributed by atoms with Crippen molar-refractivity contribution in [3.05, 3.63) is 94.1 Å². The van der Waals surface area contributed by atoms with E-state index in [1.807, 2.05) is 13.0 Å². The first-order valence-electron chi connectivity index (χ1n) is 10.9. The van der Waals surface area contributed by atoms with Crippen LogP contribution in [0.5, 0.6) is 23.0 Å². The number of nitrogens with two attached hydrogens (primary N) is 1. The lowest BCUT2D eigenvalue weighted by molar-refractivity contribution is -0.136. The predicted molar refractivity (Wildman–Crippen MR) is 121 cm³/mol. The van der Waals surface area contributed by atoms with Crippen LogP contribution in [0.4, 0.5) is 22.0 Å². The molecule has 3 aromatic carbocycles. The van der Waals surface area contributed by atoms with Gasteiger partial charge < -0.3 is 24.7 Å². The minimum atomic E-state index is -2.36. The van der Waals surface area contributed by atoms with E-state index >= 15 is 0 Å². The van der Waals surface area contributed by atoms with Crippen LogP contribution in [0.2, 0.25) is 0 Å². The van der Waals surface area contributed by atoms with Crippen LogP contribution in [0.1, 0.15) is 24.0 Å². The molecule has 4 rings (SSSR count). The van der Waals surface area contributed by atoms with Crippen molar-refractivity contribution < 1.29 is 45.7 Å². The van der Waals surface area contributed by atoms with Gasteiger partial charge in [0.15, 0.2) is 12.4 Å².